The SMILES string of the molecule is CCC(CSC)N(C)c1cc(NC)nc(C(F)(F)F)n1. The van der Waals surface area contributed by atoms with E-state index in [0.29, 0.717) is 0 Å². The van der Waals surface area contributed by atoms with E-state index < -0.39 is 12.0 Å². The van der Waals surface area contributed by atoms with Crippen LogP contribution in [-0.4, -0.2) is 42.1 Å². The number of alkyl halides is 3. The minimum Gasteiger partial charge on any atom is -0.373 e. The van der Waals surface area contributed by atoms with Crippen molar-refractivity contribution in [3.63, 3.8) is 0 Å². The Labute approximate surface area is 121 Å². The molecule has 0 aliphatic rings. The first-order valence-electron chi connectivity index (χ1n) is 6.19. The van der Waals surface area contributed by atoms with E-state index in [1.807, 2.05) is 13.2 Å². The third kappa shape index (κ3) is 4.16. The molecule has 1 N–H and O–H groups in total. The minimum absolute atomic E-state index is 0.130. The van der Waals surface area contributed by atoms with Crippen molar-refractivity contribution in [2.24, 2.45) is 0 Å². The summed E-state index contributed by atoms with van der Waals surface area (Å²) in [6, 6.07) is 1.66. The lowest BCUT2D eigenvalue weighted by Crippen LogP contribution is -2.34. The molecule has 8 heteroatoms. The van der Waals surface area contributed by atoms with Crippen molar-refractivity contribution >= 4 is 23.4 Å². The summed E-state index contributed by atoms with van der Waals surface area (Å²) >= 11 is 1.65. The molecular weight excluding hydrogens is 289 g/mol. The first-order chi connectivity index (χ1) is 9.33. The van der Waals surface area contributed by atoms with Gasteiger partial charge in [0.1, 0.15) is 11.6 Å². The van der Waals surface area contributed by atoms with Gasteiger partial charge in [-0.15, -0.1) is 0 Å². The van der Waals surface area contributed by atoms with E-state index in [1.165, 1.54) is 13.1 Å². The second-order valence-corrected chi connectivity index (χ2v) is 5.22. The topological polar surface area (TPSA) is 41.0 Å². The summed E-state index contributed by atoms with van der Waals surface area (Å²) in [5, 5.41) is 2.64. The van der Waals surface area contributed by atoms with Gasteiger partial charge in [0.25, 0.3) is 0 Å². The Morgan fingerprint density at radius 2 is 2.05 bits per heavy atom. The molecule has 0 radical (unpaired) electrons. The zero-order chi connectivity index (χ0) is 15.3. The van der Waals surface area contributed by atoms with Gasteiger partial charge in [0, 0.05) is 32.0 Å². The number of thioether (sulfide) groups is 1. The average molecular weight is 308 g/mol. The molecule has 1 unspecified atom stereocenters. The lowest BCUT2D eigenvalue weighted by Gasteiger charge is -2.28. The van der Waals surface area contributed by atoms with Crippen LogP contribution < -0.4 is 10.2 Å². The van der Waals surface area contributed by atoms with Gasteiger partial charge in [-0.05, 0) is 12.7 Å². The molecule has 20 heavy (non-hydrogen) atoms. The van der Waals surface area contributed by atoms with Crippen LogP contribution >= 0.6 is 11.8 Å². The zero-order valence-corrected chi connectivity index (χ0v) is 12.8. The molecule has 1 heterocycles. The van der Waals surface area contributed by atoms with Gasteiger partial charge in [0.2, 0.25) is 5.82 Å². The number of anilines is 2. The number of hydrogen-bond donors (Lipinski definition) is 1. The molecule has 1 aromatic heterocycles. The van der Waals surface area contributed by atoms with Crippen LogP contribution in [0.25, 0.3) is 0 Å². The van der Waals surface area contributed by atoms with Crippen molar-refractivity contribution in [2.45, 2.75) is 25.6 Å². The highest BCUT2D eigenvalue weighted by Crippen LogP contribution is 2.29. The highest BCUT2D eigenvalue weighted by atomic mass is 32.2. The van der Waals surface area contributed by atoms with Crippen LogP contribution in [0.15, 0.2) is 6.07 Å². The van der Waals surface area contributed by atoms with E-state index >= 15 is 0 Å². The second kappa shape index (κ2) is 7.01. The van der Waals surface area contributed by atoms with E-state index in [1.54, 1.807) is 23.7 Å². The Morgan fingerprint density at radius 1 is 1.40 bits per heavy atom. The fourth-order valence-corrected chi connectivity index (χ4v) is 2.60. The van der Waals surface area contributed by atoms with E-state index in [2.05, 4.69) is 15.3 Å². The van der Waals surface area contributed by atoms with E-state index in [-0.39, 0.29) is 17.7 Å². The Kier molecular flexibility index (Phi) is 5.91. The summed E-state index contributed by atoms with van der Waals surface area (Å²) in [5.74, 6) is 0.142. The van der Waals surface area contributed by atoms with Crippen molar-refractivity contribution in [2.75, 3.05) is 36.3 Å². The van der Waals surface area contributed by atoms with Crippen molar-refractivity contribution < 1.29 is 13.2 Å². The molecule has 0 aliphatic carbocycles. The molecule has 0 aromatic carbocycles. The number of hydrogen-bond acceptors (Lipinski definition) is 5. The normalized spacial score (nSPS) is 13.2. The molecule has 0 saturated carbocycles. The van der Waals surface area contributed by atoms with Gasteiger partial charge in [-0.25, -0.2) is 9.97 Å². The lowest BCUT2D eigenvalue weighted by atomic mass is 10.2. The molecule has 4 nitrogen and oxygen atoms in total. The fourth-order valence-electron chi connectivity index (χ4n) is 1.75. The van der Waals surface area contributed by atoms with E-state index in [0.717, 1.165) is 12.2 Å². The van der Waals surface area contributed by atoms with Gasteiger partial charge in [0.15, 0.2) is 0 Å². The first-order valence-corrected chi connectivity index (χ1v) is 7.58. The number of nitrogens with zero attached hydrogens (tertiary/aromatic N) is 3. The van der Waals surface area contributed by atoms with Crippen LogP contribution in [0.5, 0.6) is 0 Å². The monoisotopic (exact) mass is 308 g/mol. The summed E-state index contributed by atoms with van der Waals surface area (Å²) in [7, 11) is 3.29. The smallest absolute Gasteiger partial charge is 0.373 e. The van der Waals surface area contributed by atoms with Crippen LogP contribution in [0, 0.1) is 0 Å². The Bertz CT molecular complexity index is 439. The van der Waals surface area contributed by atoms with Gasteiger partial charge in [-0.3, -0.25) is 0 Å². The van der Waals surface area contributed by atoms with Crippen molar-refractivity contribution in [1.29, 1.82) is 0 Å². The molecule has 0 spiro atoms. The van der Waals surface area contributed by atoms with E-state index in [4.69, 9.17) is 0 Å². The quantitative estimate of drug-likeness (QED) is 0.874. The predicted molar refractivity (Wildman–Crippen MR) is 77.4 cm³/mol. The molecule has 0 bridgehead atoms. The fraction of sp³-hybridized carbons (Fsp3) is 0.667. The van der Waals surface area contributed by atoms with Gasteiger partial charge in [-0.2, -0.15) is 24.9 Å². The molecule has 114 valence electrons. The lowest BCUT2D eigenvalue weighted by molar-refractivity contribution is -0.144. The summed E-state index contributed by atoms with van der Waals surface area (Å²) in [6.45, 7) is 2.00. The van der Waals surface area contributed by atoms with E-state index in [9.17, 15) is 13.2 Å². The van der Waals surface area contributed by atoms with Gasteiger partial charge in [0.05, 0.1) is 0 Å². The van der Waals surface area contributed by atoms with Crippen molar-refractivity contribution in [3.05, 3.63) is 11.9 Å². The van der Waals surface area contributed by atoms with Crippen LogP contribution in [0.4, 0.5) is 24.8 Å². The highest BCUT2D eigenvalue weighted by molar-refractivity contribution is 7.98. The maximum atomic E-state index is 12.8. The predicted octanol–water partition coefficient (Wildman–Crippen LogP) is 3.11. The molecule has 1 aromatic rings. The average Bonchev–Trinajstić information content (AvgIpc) is 2.42. The summed E-state index contributed by atoms with van der Waals surface area (Å²) in [4.78, 5) is 8.87. The Morgan fingerprint density at radius 3 is 2.50 bits per heavy atom. The van der Waals surface area contributed by atoms with Crippen LogP contribution in [0.3, 0.4) is 0 Å². The molecule has 1 atom stereocenters. The Hall–Kier alpha value is -1.18. The van der Waals surface area contributed by atoms with Crippen molar-refractivity contribution in [1.82, 2.24) is 9.97 Å². The molecule has 1 rings (SSSR count). The second-order valence-electron chi connectivity index (χ2n) is 4.31. The maximum absolute atomic E-state index is 12.8. The van der Waals surface area contributed by atoms with Gasteiger partial charge >= 0.3 is 6.18 Å². The molecule has 0 saturated heterocycles. The molecular formula is C12H19F3N4S. The minimum atomic E-state index is -4.55. The Balaban J connectivity index is 3.16. The van der Waals surface area contributed by atoms with Crippen LogP contribution in [0.1, 0.15) is 19.2 Å². The zero-order valence-electron chi connectivity index (χ0n) is 12.0. The van der Waals surface area contributed by atoms with Crippen LogP contribution in [-0.2, 0) is 6.18 Å². The largest absolute Gasteiger partial charge is 0.451 e. The summed E-state index contributed by atoms with van der Waals surface area (Å²) in [5.41, 5.74) is 0. The number of aromatic nitrogens is 2. The highest BCUT2D eigenvalue weighted by Gasteiger charge is 2.36. The number of rotatable bonds is 6. The number of halogens is 3. The molecule has 0 aliphatic heterocycles. The summed E-state index contributed by atoms with van der Waals surface area (Å²) in [6.07, 6.45) is -1.75. The first kappa shape index (κ1) is 16.9. The number of nitrogens with one attached hydrogen (secondary N) is 1. The third-order valence-corrected chi connectivity index (χ3v) is 3.68. The maximum Gasteiger partial charge on any atom is 0.451 e. The molecule has 0 amide bonds. The van der Waals surface area contributed by atoms with Crippen LogP contribution in [0.2, 0.25) is 0 Å². The summed E-state index contributed by atoms with van der Waals surface area (Å²) < 4.78 is 38.4. The third-order valence-electron chi connectivity index (χ3n) is 2.96. The van der Waals surface area contributed by atoms with Gasteiger partial charge < -0.3 is 10.2 Å². The molecule has 0 fully saturated rings. The standard InChI is InChI=1S/C12H19F3N4S/c1-5-8(7-20-4)19(3)10-6-9(16-2)17-11(18-10)12(13,14)15/h6,8H,5,7H2,1-4H3,(H,16,17,18). The van der Waals surface area contributed by atoms with Gasteiger partial charge in [-0.1, -0.05) is 6.92 Å². The van der Waals surface area contributed by atoms with Crippen molar-refractivity contribution in [3.8, 4) is 0 Å².